The molecule has 0 N–H and O–H groups in total. The maximum Gasteiger partial charge on any atom is 0.313 e. The largest absolute Gasteiger partial charge is 0.377 e. The number of hydrogen-bond donors (Lipinski definition) is 0. The molecule has 2 atom stereocenters. The van der Waals surface area contributed by atoms with Gasteiger partial charge in [0, 0.05) is 12.5 Å². The van der Waals surface area contributed by atoms with Gasteiger partial charge in [-0.05, 0) is 28.7 Å². The monoisotopic (exact) mass is 397 g/mol. The fourth-order valence-electron chi connectivity index (χ4n) is 4.00. The second-order valence-electron chi connectivity index (χ2n) is 7.60. The highest BCUT2D eigenvalue weighted by Gasteiger charge is 2.39. The van der Waals surface area contributed by atoms with Crippen molar-refractivity contribution in [3.8, 4) is 11.1 Å². The van der Waals surface area contributed by atoms with Crippen LogP contribution in [0.4, 0.5) is 0 Å². The van der Waals surface area contributed by atoms with Crippen molar-refractivity contribution >= 4 is 19.5 Å². The van der Waals surface area contributed by atoms with Gasteiger partial charge in [-0.1, -0.05) is 84.9 Å². The average Bonchev–Trinajstić information content (AvgIpc) is 3.09. The van der Waals surface area contributed by atoms with Crippen molar-refractivity contribution in [2.45, 2.75) is 31.6 Å². The molecule has 0 aromatic heterocycles. The Morgan fingerprint density at radius 2 is 1.50 bits per heavy atom. The molecule has 5 heteroatoms. The molecule has 30 heavy (non-hydrogen) atoms. The summed E-state index contributed by atoms with van der Waals surface area (Å²) in [4.78, 5) is 25.6. The normalized spacial score (nSPS) is 18.4. The second kappa shape index (κ2) is 9.55. The van der Waals surface area contributed by atoms with E-state index in [4.69, 9.17) is 4.74 Å². The first kappa shape index (κ1) is 20.1. The quantitative estimate of drug-likeness (QED) is 0.431. The van der Waals surface area contributed by atoms with Crippen molar-refractivity contribution in [1.82, 2.24) is 4.81 Å². The molecule has 0 bridgehead atoms. The SMILES string of the molecule is O=CBN1C(=O)[C@H](OCc2ccccc2)C[C@H]1Cc1ccc(-c2ccccc2)cc1. The van der Waals surface area contributed by atoms with E-state index >= 15 is 0 Å². The molecule has 0 radical (unpaired) electrons. The zero-order valence-electron chi connectivity index (χ0n) is 16.8. The molecule has 1 saturated heterocycles. The molecule has 1 aliphatic rings. The van der Waals surface area contributed by atoms with E-state index in [1.807, 2.05) is 48.5 Å². The lowest BCUT2D eigenvalue weighted by Crippen LogP contribution is -2.39. The van der Waals surface area contributed by atoms with Crippen LogP contribution in [-0.4, -0.2) is 36.5 Å². The van der Waals surface area contributed by atoms with Crippen molar-refractivity contribution in [2.24, 2.45) is 0 Å². The lowest BCUT2D eigenvalue weighted by molar-refractivity contribution is -0.134. The third-order valence-corrected chi connectivity index (χ3v) is 5.58. The molecular weight excluding hydrogens is 373 g/mol. The molecule has 0 saturated carbocycles. The molecule has 0 spiro atoms. The Bertz CT molecular complexity index is 976. The number of carbonyl (C=O) groups is 2. The number of carbonyl (C=O) groups excluding carboxylic acids is 2. The van der Waals surface area contributed by atoms with Gasteiger partial charge in [-0.25, -0.2) is 0 Å². The van der Waals surface area contributed by atoms with E-state index in [-0.39, 0.29) is 19.4 Å². The first-order chi connectivity index (χ1) is 14.7. The van der Waals surface area contributed by atoms with Gasteiger partial charge in [-0.15, -0.1) is 0 Å². The Kier molecular flexibility index (Phi) is 6.40. The topological polar surface area (TPSA) is 46.6 Å². The Morgan fingerprint density at radius 3 is 2.17 bits per heavy atom. The van der Waals surface area contributed by atoms with Gasteiger partial charge in [0.25, 0.3) is 0 Å². The summed E-state index contributed by atoms with van der Waals surface area (Å²) in [5.74, 6) is -0.0936. The van der Waals surface area contributed by atoms with Crippen LogP contribution in [0, 0.1) is 0 Å². The van der Waals surface area contributed by atoms with E-state index < -0.39 is 6.10 Å². The molecule has 1 heterocycles. The molecule has 3 aromatic rings. The fraction of sp³-hybridized carbons (Fsp3) is 0.200. The number of rotatable bonds is 8. The van der Waals surface area contributed by atoms with Crippen molar-refractivity contribution in [1.29, 1.82) is 0 Å². The van der Waals surface area contributed by atoms with E-state index in [0.717, 1.165) is 22.9 Å². The summed E-state index contributed by atoms with van der Waals surface area (Å²) in [7, 11) is 0.108. The molecule has 4 nitrogen and oxygen atoms in total. The van der Waals surface area contributed by atoms with Crippen LogP contribution in [0.1, 0.15) is 17.5 Å². The average molecular weight is 397 g/mol. The molecule has 1 fully saturated rings. The fourth-order valence-corrected chi connectivity index (χ4v) is 4.00. The Morgan fingerprint density at radius 1 is 0.867 bits per heavy atom. The lowest BCUT2D eigenvalue weighted by atomic mass is 9.91. The Hall–Kier alpha value is -3.18. The molecule has 0 unspecified atom stereocenters. The zero-order chi connectivity index (χ0) is 20.8. The van der Waals surface area contributed by atoms with E-state index in [9.17, 15) is 9.59 Å². The summed E-state index contributed by atoms with van der Waals surface area (Å²) in [5, 5.41) is 0. The first-order valence-electron chi connectivity index (χ1n) is 10.3. The maximum absolute atomic E-state index is 12.8. The highest BCUT2D eigenvalue weighted by molar-refractivity contribution is 6.66. The van der Waals surface area contributed by atoms with E-state index in [0.29, 0.717) is 19.4 Å². The number of hydrogen-bond acceptors (Lipinski definition) is 3. The summed E-state index contributed by atoms with van der Waals surface area (Å²) in [5.41, 5.74) is 4.52. The first-order valence-corrected chi connectivity index (χ1v) is 10.3. The van der Waals surface area contributed by atoms with E-state index in [2.05, 4.69) is 36.4 Å². The van der Waals surface area contributed by atoms with Crippen molar-refractivity contribution < 1.29 is 14.3 Å². The van der Waals surface area contributed by atoms with Gasteiger partial charge in [-0.3, -0.25) is 4.79 Å². The summed E-state index contributed by atoms with van der Waals surface area (Å²) in [6.45, 7) is 0.394. The maximum atomic E-state index is 12.8. The highest BCUT2D eigenvalue weighted by atomic mass is 16.5. The number of benzene rings is 3. The minimum atomic E-state index is -0.501. The van der Waals surface area contributed by atoms with Gasteiger partial charge >= 0.3 is 7.41 Å². The van der Waals surface area contributed by atoms with Gasteiger partial charge in [-0.2, -0.15) is 0 Å². The predicted octanol–water partition coefficient (Wildman–Crippen LogP) is 3.62. The predicted molar refractivity (Wildman–Crippen MR) is 120 cm³/mol. The highest BCUT2D eigenvalue weighted by Crippen LogP contribution is 2.26. The molecule has 1 aliphatic heterocycles. The summed E-state index contributed by atoms with van der Waals surface area (Å²) in [6.07, 6.45) is 1.60. The summed E-state index contributed by atoms with van der Waals surface area (Å²) in [6, 6.07) is 28.4. The molecular formula is C25H24BNO3. The van der Waals surface area contributed by atoms with Crippen molar-refractivity contribution in [3.05, 3.63) is 96.1 Å². The van der Waals surface area contributed by atoms with Crippen LogP contribution in [0.5, 0.6) is 0 Å². The third-order valence-electron chi connectivity index (χ3n) is 5.58. The van der Waals surface area contributed by atoms with Gasteiger partial charge in [0.05, 0.1) is 6.61 Å². The van der Waals surface area contributed by atoms with E-state index in [1.165, 1.54) is 5.56 Å². The van der Waals surface area contributed by atoms with Crippen molar-refractivity contribution in [3.63, 3.8) is 0 Å². The standard InChI is InChI=1S/C25H24BNO3/c28-18-26-27-23(16-24(25(27)29)30-17-20-7-3-1-4-8-20)15-19-11-13-22(14-12-19)21-9-5-2-6-10-21/h1-14,18,23-24,26H,15-17H2/t23-,24-/m1/s1. The van der Waals surface area contributed by atoms with Gasteiger partial charge < -0.3 is 14.3 Å². The lowest BCUT2D eigenvalue weighted by Gasteiger charge is -2.22. The smallest absolute Gasteiger partial charge is 0.313 e. The number of amides is 1. The number of nitrogens with zero attached hydrogens (tertiary/aromatic N) is 1. The van der Waals surface area contributed by atoms with Crippen LogP contribution in [0.2, 0.25) is 0 Å². The summed E-state index contributed by atoms with van der Waals surface area (Å²) >= 11 is 0. The molecule has 4 rings (SSSR count). The number of ether oxygens (including phenoxy) is 1. The van der Waals surface area contributed by atoms with Gasteiger partial charge in [0.2, 0.25) is 5.91 Å². The molecule has 1 amide bonds. The minimum Gasteiger partial charge on any atom is -0.377 e. The zero-order valence-corrected chi connectivity index (χ0v) is 16.8. The van der Waals surface area contributed by atoms with Crippen LogP contribution in [0.25, 0.3) is 11.1 Å². The molecule has 3 aromatic carbocycles. The van der Waals surface area contributed by atoms with Crippen LogP contribution < -0.4 is 0 Å². The Balaban J connectivity index is 1.42. The van der Waals surface area contributed by atoms with Crippen molar-refractivity contribution in [2.75, 3.05) is 0 Å². The molecule has 150 valence electrons. The third kappa shape index (κ3) is 4.69. The Labute approximate surface area is 177 Å². The minimum absolute atomic E-state index is 0.0361. The van der Waals surface area contributed by atoms with Crippen LogP contribution in [0.15, 0.2) is 84.9 Å². The van der Waals surface area contributed by atoms with Crippen LogP contribution >= 0.6 is 0 Å². The van der Waals surface area contributed by atoms with Crippen LogP contribution in [0.3, 0.4) is 0 Å². The van der Waals surface area contributed by atoms with Crippen LogP contribution in [-0.2, 0) is 27.4 Å². The summed E-state index contributed by atoms with van der Waals surface area (Å²) < 4.78 is 5.92. The second-order valence-corrected chi connectivity index (χ2v) is 7.60. The molecule has 0 aliphatic carbocycles. The van der Waals surface area contributed by atoms with Gasteiger partial charge in [0.1, 0.15) is 12.3 Å². The van der Waals surface area contributed by atoms with Gasteiger partial charge in [0.15, 0.2) is 0 Å². The van der Waals surface area contributed by atoms with E-state index in [1.54, 1.807) is 4.81 Å².